The van der Waals surface area contributed by atoms with Gasteiger partial charge in [0, 0.05) is 23.6 Å². The first-order chi connectivity index (χ1) is 16.7. The van der Waals surface area contributed by atoms with Crippen LogP contribution in [0.15, 0.2) is 84.0 Å². The Kier molecular flexibility index (Phi) is 6.79. The van der Waals surface area contributed by atoms with E-state index < -0.39 is 15.9 Å². The lowest BCUT2D eigenvalue weighted by Crippen LogP contribution is -2.17. The van der Waals surface area contributed by atoms with Crippen molar-refractivity contribution in [3.8, 4) is 11.8 Å². The second kappa shape index (κ2) is 9.94. The average Bonchev–Trinajstić information content (AvgIpc) is 2.83. The van der Waals surface area contributed by atoms with Crippen LogP contribution in [0.2, 0.25) is 0 Å². The van der Waals surface area contributed by atoms with E-state index in [-0.39, 0.29) is 16.5 Å². The number of hydrogen-bond acceptors (Lipinski definition) is 6. The fourth-order valence-corrected chi connectivity index (χ4v) is 4.53. The Morgan fingerprint density at radius 2 is 1.54 bits per heavy atom. The molecule has 0 fully saturated rings. The molecule has 0 aliphatic heterocycles. The van der Waals surface area contributed by atoms with Gasteiger partial charge in [0.1, 0.15) is 5.75 Å². The van der Waals surface area contributed by atoms with Gasteiger partial charge in [-0.3, -0.25) is 9.52 Å². The average molecular weight is 489 g/mol. The highest BCUT2D eigenvalue weighted by Gasteiger charge is 2.19. The van der Waals surface area contributed by atoms with E-state index in [1.807, 2.05) is 26.0 Å². The van der Waals surface area contributed by atoms with Crippen LogP contribution < -0.4 is 14.8 Å². The summed E-state index contributed by atoms with van der Waals surface area (Å²) < 4.78 is 34.2. The molecule has 0 unspecified atom stereocenters. The Hall–Kier alpha value is -4.24. The number of carbonyl (C=O) groups excluding carboxylic acids is 1. The number of nitrogens with zero attached hydrogens (tertiary/aromatic N) is 2. The molecular formula is C26H24N4O4S. The quantitative estimate of drug-likeness (QED) is 0.368. The minimum atomic E-state index is -3.88. The van der Waals surface area contributed by atoms with E-state index in [2.05, 4.69) is 20.0 Å². The fourth-order valence-electron chi connectivity index (χ4n) is 3.38. The Bertz CT molecular complexity index is 1490. The van der Waals surface area contributed by atoms with Gasteiger partial charge in [-0.05, 0) is 79.9 Å². The third-order valence-electron chi connectivity index (χ3n) is 5.35. The largest absolute Gasteiger partial charge is 0.424 e. The normalized spacial score (nSPS) is 11.1. The molecule has 0 spiro atoms. The Balaban J connectivity index is 1.54. The third kappa shape index (κ3) is 5.64. The standard InChI is InChI=1S/C26H24N4O4S/c1-17-9-11-21(35(32,33)30-24-8-5-4-7-18(24)2)16-22(17)25(31)29-23-12-10-20(15-19(23)3)34-26-27-13-6-14-28-26/h4-16,30H,1-3H3,(H,29,31). The van der Waals surface area contributed by atoms with Gasteiger partial charge in [0.05, 0.1) is 10.6 Å². The van der Waals surface area contributed by atoms with Crippen molar-refractivity contribution in [3.05, 3.63) is 101 Å². The van der Waals surface area contributed by atoms with Gasteiger partial charge in [0.25, 0.3) is 15.9 Å². The summed E-state index contributed by atoms with van der Waals surface area (Å²) in [5.41, 5.74) is 3.52. The van der Waals surface area contributed by atoms with Gasteiger partial charge in [0.15, 0.2) is 0 Å². The zero-order chi connectivity index (χ0) is 25.0. The van der Waals surface area contributed by atoms with Crippen LogP contribution in [0.5, 0.6) is 11.8 Å². The van der Waals surface area contributed by atoms with Crippen molar-refractivity contribution in [2.24, 2.45) is 0 Å². The maximum absolute atomic E-state index is 13.1. The highest BCUT2D eigenvalue weighted by molar-refractivity contribution is 7.92. The van der Waals surface area contributed by atoms with E-state index >= 15 is 0 Å². The van der Waals surface area contributed by atoms with Gasteiger partial charge in [-0.2, -0.15) is 0 Å². The van der Waals surface area contributed by atoms with Crippen LogP contribution in [0.25, 0.3) is 0 Å². The molecule has 0 atom stereocenters. The van der Waals surface area contributed by atoms with Crippen molar-refractivity contribution >= 4 is 27.3 Å². The number of carbonyl (C=O) groups is 1. The van der Waals surface area contributed by atoms with E-state index in [9.17, 15) is 13.2 Å². The third-order valence-corrected chi connectivity index (χ3v) is 6.71. The summed E-state index contributed by atoms with van der Waals surface area (Å²) in [6.07, 6.45) is 3.16. The second-order valence-electron chi connectivity index (χ2n) is 7.96. The van der Waals surface area contributed by atoms with E-state index in [1.165, 1.54) is 12.1 Å². The topological polar surface area (TPSA) is 110 Å². The van der Waals surface area contributed by atoms with Crippen LogP contribution in [0, 0.1) is 20.8 Å². The number of benzene rings is 3. The van der Waals surface area contributed by atoms with E-state index in [1.54, 1.807) is 61.8 Å². The van der Waals surface area contributed by atoms with Crippen LogP contribution in [-0.4, -0.2) is 24.3 Å². The molecule has 9 heteroatoms. The summed E-state index contributed by atoms with van der Waals surface area (Å²) in [6, 6.07) is 18.6. The lowest BCUT2D eigenvalue weighted by Gasteiger charge is -2.14. The molecule has 0 aliphatic carbocycles. The van der Waals surface area contributed by atoms with Crippen molar-refractivity contribution in [2.45, 2.75) is 25.7 Å². The van der Waals surface area contributed by atoms with E-state index in [4.69, 9.17) is 4.74 Å². The second-order valence-corrected chi connectivity index (χ2v) is 9.64. The molecule has 2 N–H and O–H groups in total. The first-order valence-corrected chi connectivity index (χ1v) is 12.3. The fraction of sp³-hybridized carbons (Fsp3) is 0.115. The van der Waals surface area contributed by atoms with E-state index in [0.29, 0.717) is 22.7 Å². The number of para-hydroxylation sites is 1. The molecule has 8 nitrogen and oxygen atoms in total. The van der Waals surface area contributed by atoms with Crippen molar-refractivity contribution in [1.82, 2.24) is 9.97 Å². The molecule has 1 heterocycles. The Morgan fingerprint density at radius 3 is 2.26 bits per heavy atom. The predicted octanol–water partition coefficient (Wildman–Crippen LogP) is 5.25. The number of aromatic nitrogens is 2. The predicted molar refractivity (Wildman–Crippen MR) is 134 cm³/mol. The van der Waals surface area contributed by atoms with Crippen LogP contribution in [0.3, 0.4) is 0 Å². The summed E-state index contributed by atoms with van der Waals surface area (Å²) in [6.45, 7) is 5.40. The molecule has 35 heavy (non-hydrogen) atoms. The number of amides is 1. The summed E-state index contributed by atoms with van der Waals surface area (Å²) in [7, 11) is -3.88. The number of rotatable bonds is 7. The molecule has 3 aromatic carbocycles. The summed E-state index contributed by atoms with van der Waals surface area (Å²) in [5, 5.41) is 2.85. The summed E-state index contributed by atoms with van der Waals surface area (Å²) in [5.74, 6) is 0.108. The molecule has 0 saturated carbocycles. The van der Waals surface area contributed by atoms with Crippen molar-refractivity contribution < 1.29 is 17.9 Å². The maximum atomic E-state index is 13.1. The van der Waals surface area contributed by atoms with Crippen molar-refractivity contribution in [2.75, 3.05) is 10.0 Å². The van der Waals surface area contributed by atoms with Gasteiger partial charge in [-0.15, -0.1) is 0 Å². The maximum Gasteiger partial charge on any atom is 0.321 e. The van der Waals surface area contributed by atoms with Crippen LogP contribution in [-0.2, 0) is 10.0 Å². The monoisotopic (exact) mass is 488 g/mol. The van der Waals surface area contributed by atoms with Gasteiger partial charge < -0.3 is 10.1 Å². The van der Waals surface area contributed by atoms with Crippen LogP contribution in [0.4, 0.5) is 11.4 Å². The molecule has 0 radical (unpaired) electrons. The number of aryl methyl sites for hydroxylation is 3. The number of hydrogen-bond donors (Lipinski definition) is 2. The molecular weight excluding hydrogens is 464 g/mol. The zero-order valence-electron chi connectivity index (χ0n) is 19.4. The zero-order valence-corrected chi connectivity index (χ0v) is 20.3. The van der Waals surface area contributed by atoms with Gasteiger partial charge in [0.2, 0.25) is 0 Å². The first-order valence-electron chi connectivity index (χ1n) is 10.8. The van der Waals surface area contributed by atoms with Gasteiger partial charge in [-0.1, -0.05) is 24.3 Å². The van der Waals surface area contributed by atoms with Gasteiger partial charge in [-0.25, -0.2) is 18.4 Å². The number of sulfonamides is 1. The minimum Gasteiger partial charge on any atom is -0.424 e. The first kappa shape index (κ1) is 23.9. The molecule has 4 rings (SSSR count). The molecule has 178 valence electrons. The SMILES string of the molecule is Cc1cc(Oc2ncccn2)ccc1NC(=O)c1cc(S(=O)(=O)Nc2ccccc2C)ccc1C. The number of ether oxygens (including phenoxy) is 1. The molecule has 0 saturated heterocycles. The molecule has 0 aliphatic rings. The Labute approximate surface area is 204 Å². The molecule has 1 aromatic heterocycles. The number of nitrogens with one attached hydrogen (secondary N) is 2. The van der Waals surface area contributed by atoms with Crippen LogP contribution in [0.1, 0.15) is 27.0 Å². The summed E-state index contributed by atoms with van der Waals surface area (Å²) in [4.78, 5) is 21.1. The highest BCUT2D eigenvalue weighted by Crippen LogP contribution is 2.26. The minimum absolute atomic E-state index is 0.000154. The lowest BCUT2D eigenvalue weighted by molar-refractivity contribution is 0.102. The molecule has 1 amide bonds. The van der Waals surface area contributed by atoms with Crippen molar-refractivity contribution in [3.63, 3.8) is 0 Å². The smallest absolute Gasteiger partial charge is 0.321 e. The van der Waals surface area contributed by atoms with Crippen molar-refractivity contribution in [1.29, 1.82) is 0 Å². The molecule has 4 aromatic rings. The highest BCUT2D eigenvalue weighted by atomic mass is 32.2. The number of anilines is 2. The Morgan fingerprint density at radius 1 is 0.800 bits per heavy atom. The van der Waals surface area contributed by atoms with Gasteiger partial charge >= 0.3 is 6.01 Å². The molecule has 0 bridgehead atoms. The summed E-state index contributed by atoms with van der Waals surface area (Å²) >= 11 is 0. The van der Waals surface area contributed by atoms with Crippen LogP contribution >= 0.6 is 0 Å². The lowest BCUT2D eigenvalue weighted by atomic mass is 10.1. The van der Waals surface area contributed by atoms with E-state index in [0.717, 1.165) is 11.1 Å².